The maximum absolute atomic E-state index is 13.9. The lowest BCUT2D eigenvalue weighted by atomic mass is 10.1. The van der Waals surface area contributed by atoms with Crippen molar-refractivity contribution >= 4 is 11.6 Å². The van der Waals surface area contributed by atoms with Gasteiger partial charge in [0.05, 0.1) is 11.6 Å². The van der Waals surface area contributed by atoms with E-state index < -0.39 is 12.4 Å². The Morgan fingerprint density at radius 1 is 1.45 bits per heavy atom. The Morgan fingerprint density at radius 3 is 2.70 bits per heavy atom. The van der Waals surface area contributed by atoms with Gasteiger partial charge in [0.1, 0.15) is 16.5 Å². The summed E-state index contributed by atoms with van der Waals surface area (Å²) in [4.78, 5) is 0. The zero-order chi connectivity index (χ0) is 14.9. The third kappa shape index (κ3) is 2.56. The number of alkyl halides is 2. The van der Waals surface area contributed by atoms with Crippen molar-refractivity contribution in [2.45, 2.75) is 6.61 Å². The van der Waals surface area contributed by atoms with E-state index in [-0.39, 0.29) is 27.7 Å². The van der Waals surface area contributed by atoms with Crippen LogP contribution in [0.1, 0.15) is 5.56 Å². The van der Waals surface area contributed by atoms with Crippen LogP contribution in [-0.4, -0.2) is 16.4 Å². The van der Waals surface area contributed by atoms with Crippen LogP contribution in [0.2, 0.25) is 5.02 Å². The molecule has 0 spiro atoms. The second-order valence-electron chi connectivity index (χ2n) is 3.78. The minimum atomic E-state index is -3.07. The number of aromatic nitrogens is 2. The minimum Gasteiger partial charge on any atom is -0.416 e. The topological polar surface area (TPSA) is 50.8 Å². The van der Waals surface area contributed by atoms with Crippen molar-refractivity contribution < 1.29 is 17.9 Å². The molecular weight excluding hydrogens is 295 g/mol. The number of hydrogen-bond donors (Lipinski definition) is 0. The highest BCUT2D eigenvalue weighted by molar-refractivity contribution is 6.34. The average Bonchev–Trinajstić information content (AvgIpc) is 2.66. The molecule has 2 rings (SSSR count). The van der Waals surface area contributed by atoms with E-state index in [4.69, 9.17) is 16.9 Å². The van der Waals surface area contributed by atoms with Gasteiger partial charge in [0.2, 0.25) is 5.88 Å². The standard InChI is InChI=1S/C12H7ClF3N3O/c1-19-11(20-12(15)16)9(13)10(18-19)7-3-2-6(5-17)4-8(7)14/h2-4,12H,1H3. The van der Waals surface area contributed by atoms with E-state index in [9.17, 15) is 13.2 Å². The van der Waals surface area contributed by atoms with Crippen LogP contribution in [0.15, 0.2) is 18.2 Å². The van der Waals surface area contributed by atoms with Gasteiger partial charge in [-0.2, -0.15) is 19.1 Å². The average molecular weight is 302 g/mol. The third-order valence-corrected chi connectivity index (χ3v) is 2.83. The molecule has 20 heavy (non-hydrogen) atoms. The first kappa shape index (κ1) is 14.2. The van der Waals surface area contributed by atoms with E-state index in [2.05, 4.69) is 9.84 Å². The van der Waals surface area contributed by atoms with E-state index >= 15 is 0 Å². The normalized spacial score (nSPS) is 10.7. The summed E-state index contributed by atoms with van der Waals surface area (Å²) in [6.45, 7) is -3.07. The molecule has 1 heterocycles. The molecule has 0 aliphatic rings. The summed E-state index contributed by atoms with van der Waals surface area (Å²) in [5.41, 5.74) is 0.0860. The van der Waals surface area contributed by atoms with Gasteiger partial charge in [0.15, 0.2) is 0 Å². The van der Waals surface area contributed by atoms with Crippen molar-refractivity contribution in [3.05, 3.63) is 34.6 Å². The zero-order valence-electron chi connectivity index (χ0n) is 10.1. The lowest BCUT2D eigenvalue weighted by Crippen LogP contribution is -2.06. The van der Waals surface area contributed by atoms with E-state index in [1.165, 1.54) is 19.2 Å². The van der Waals surface area contributed by atoms with Gasteiger partial charge in [-0.3, -0.25) is 0 Å². The van der Waals surface area contributed by atoms with Crippen molar-refractivity contribution in [1.82, 2.24) is 9.78 Å². The molecule has 0 bridgehead atoms. The Bertz CT molecular complexity index is 694. The number of nitrogens with zero attached hydrogens (tertiary/aromatic N) is 3. The van der Waals surface area contributed by atoms with Gasteiger partial charge in [-0.25, -0.2) is 9.07 Å². The molecule has 2 aromatic rings. The Balaban J connectivity index is 2.52. The number of rotatable bonds is 3. The summed E-state index contributed by atoms with van der Waals surface area (Å²) in [6.07, 6.45) is 0. The van der Waals surface area contributed by atoms with Gasteiger partial charge in [0, 0.05) is 12.6 Å². The molecule has 4 nitrogen and oxygen atoms in total. The van der Waals surface area contributed by atoms with Gasteiger partial charge in [-0.1, -0.05) is 11.6 Å². The highest BCUT2D eigenvalue weighted by Crippen LogP contribution is 2.36. The lowest BCUT2D eigenvalue weighted by molar-refractivity contribution is -0.0552. The summed E-state index contributed by atoms with van der Waals surface area (Å²) in [7, 11) is 1.34. The molecule has 104 valence electrons. The number of halogens is 4. The summed E-state index contributed by atoms with van der Waals surface area (Å²) < 4.78 is 43.5. The van der Waals surface area contributed by atoms with E-state index in [1.54, 1.807) is 6.07 Å². The van der Waals surface area contributed by atoms with Gasteiger partial charge >= 0.3 is 6.61 Å². The molecule has 0 N–H and O–H groups in total. The first-order valence-corrected chi connectivity index (χ1v) is 5.69. The Hall–Kier alpha value is -2.20. The Labute approximate surface area is 116 Å². The molecule has 8 heteroatoms. The maximum Gasteiger partial charge on any atom is 0.388 e. The summed E-state index contributed by atoms with van der Waals surface area (Å²) in [5.74, 6) is -1.09. The molecule has 1 aromatic heterocycles. The molecule has 0 radical (unpaired) electrons. The van der Waals surface area contributed by atoms with Crippen molar-refractivity contribution in [1.29, 1.82) is 5.26 Å². The number of nitriles is 1. The molecule has 1 aromatic carbocycles. The van der Waals surface area contributed by atoms with E-state index in [0.717, 1.165) is 10.7 Å². The van der Waals surface area contributed by atoms with Gasteiger partial charge in [0.25, 0.3) is 0 Å². The quantitative estimate of drug-likeness (QED) is 0.873. The first-order chi connectivity index (χ1) is 9.43. The van der Waals surface area contributed by atoms with Crippen LogP contribution in [0.5, 0.6) is 5.88 Å². The second kappa shape index (κ2) is 5.43. The fourth-order valence-electron chi connectivity index (χ4n) is 1.64. The first-order valence-electron chi connectivity index (χ1n) is 5.31. The largest absolute Gasteiger partial charge is 0.416 e. The van der Waals surface area contributed by atoms with Crippen LogP contribution in [-0.2, 0) is 7.05 Å². The second-order valence-corrected chi connectivity index (χ2v) is 4.15. The smallest absolute Gasteiger partial charge is 0.388 e. The van der Waals surface area contributed by atoms with Gasteiger partial charge in [-0.05, 0) is 18.2 Å². The lowest BCUT2D eigenvalue weighted by Gasteiger charge is -2.03. The predicted octanol–water partition coefficient (Wildman–Crippen LogP) is 3.35. The van der Waals surface area contributed by atoms with Crippen molar-refractivity contribution in [2.75, 3.05) is 0 Å². The van der Waals surface area contributed by atoms with Crippen LogP contribution in [0.3, 0.4) is 0 Å². The Kier molecular flexibility index (Phi) is 3.86. The highest BCUT2D eigenvalue weighted by atomic mass is 35.5. The van der Waals surface area contributed by atoms with Crippen LogP contribution in [0, 0.1) is 17.1 Å². The van der Waals surface area contributed by atoms with Crippen LogP contribution in [0.4, 0.5) is 13.2 Å². The third-order valence-electron chi connectivity index (χ3n) is 2.49. The number of hydrogen-bond acceptors (Lipinski definition) is 3. The summed E-state index contributed by atoms with van der Waals surface area (Å²) >= 11 is 5.88. The van der Waals surface area contributed by atoms with Crippen LogP contribution in [0.25, 0.3) is 11.3 Å². The molecule has 0 fully saturated rings. The predicted molar refractivity (Wildman–Crippen MR) is 65.0 cm³/mol. The molecule has 0 aliphatic heterocycles. The van der Waals surface area contributed by atoms with Gasteiger partial charge < -0.3 is 4.74 Å². The molecule has 0 amide bonds. The maximum atomic E-state index is 13.9. The zero-order valence-corrected chi connectivity index (χ0v) is 10.8. The fourth-order valence-corrected chi connectivity index (χ4v) is 1.95. The Morgan fingerprint density at radius 2 is 2.15 bits per heavy atom. The summed E-state index contributed by atoms with van der Waals surface area (Å²) in [6, 6.07) is 5.46. The molecule has 0 saturated carbocycles. The molecule has 0 aliphatic carbocycles. The minimum absolute atomic E-state index is 0.00582. The van der Waals surface area contributed by atoms with E-state index in [0.29, 0.717) is 0 Å². The summed E-state index contributed by atoms with van der Waals surface area (Å²) in [5, 5.41) is 12.3. The van der Waals surface area contributed by atoms with E-state index in [1.807, 2.05) is 0 Å². The van der Waals surface area contributed by atoms with Crippen molar-refractivity contribution in [3.63, 3.8) is 0 Å². The molecule has 0 unspecified atom stereocenters. The SMILES string of the molecule is Cn1nc(-c2ccc(C#N)cc2F)c(Cl)c1OC(F)F. The monoisotopic (exact) mass is 301 g/mol. The number of aryl methyl sites for hydroxylation is 1. The number of benzene rings is 1. The van der Waals surface area contributed by atoms with Crippen molar-refractivity contribution in [3.8, 4) is 23.2 Å². The van der Waals surface area contributed by atoms with Crippen LogP contribution >= 0.6 is 11.6 Å². The molecular formula is C12H7ClF3N3O. The molecule has 0 saturated heterocycles. The van der Waals surface area contributed by atoms with Gasteiger partial charge in [-0.15, -0.1) is 0 Å². The highest BCUT2D eigenvalue weighted by Gasteiger charge is 2.22. The fraction of sp³-hybridized carbons (Fsp3) is 0.167. The van der Waals surface area contributed by atoms with Crippen LogP contribution < -0.4 is 4.74 Å². The van der Waals surface area contributed by atoms with Crippen molar-refractivity contribution in [2.24, 2.45) is 7.05 Å². The number of ether oxygens (including phenoxy) is 1. The molecule has 0 atom stereocenters.